The van der Waals surface area contributed by atoms with Gasteiger partial charge in [0.25, 0.3) is 0 Å². The maximum absolute atomic E-state index is 9.31. The summed E-state index contributed by atoms with van der Waals surface area (Å²) < 4.78 is 0. The third-order valence-electron chi connectivity index (χ3n) is 3.32. The zero-order chi connectivity index (χ0) is 15.0. The molecule has 4 nitrogen and oxygen atoms in total. The summed E-state index contributed by atoms with van der Waals surface area (Å²) in [6.07, 6.45) is 0. The van der Waals surface area contributed by atoms with E-state index in [9.17, 15) is 5.26 Å². The van der Waals surface area contributed by atoms with E-state index in [1.165, 1.54) is 0 Å². The number of pyridine rings is 2. The van der Waals surface area contributed by atoms with Crippen LogP contribution in [0.2, 0.25) is 5.15 Å². The lowest BCUT2D eigenvalue weighted by atomic mass is 10.0. The zero-order valence-electron chi connectivity index (χ0n) is 11.3. The maximum atomic E-state index is 9.31. The largest absolute Gasteiger partial charge is 0.382 e. The maximum Gasteiger partial charge on any atom is 0.145 e. The number of hydrogen-bond acceptors (Lipinski definition) is 4. The Kier molecular flexibility index (Phi) is 3.20. The van der Waals surface area contributed by atoms with Crippen LogP contribution < -0.4 is 5.73 Å². The monoisotopic (exact) mass is 294 g/mol. The smallest absolute Gasteiger partial charge is 0.145 e. The Hall–Kier alpha value is -2.64. The minimum atomic E-state index is 0.104. The van der Waals surface area contributed by atoms with Gasteiger partial charge in [-0.1, -0.05) is 41.9 Å². The minimum Gasteiger partial charge on any atom is -0.382 e. The van der Waals surface area contributed by atoms with Crippen LogP contribution in [-0.2, 0) is 0 Å². The number of halogens is 1. The number of benzene rings is 1. The van der Waals surface area contributed by atoms with E-state index in [1.54, 1.807) is 0 Å². The molecule has 0 atom stereocenters. The Balaban J connectivity index is 2.41. The highest BCUT2D eigenvalue weighted by molar-refractivity contribution is 6.34. The Morgan fingerprint density at radius 3 is 2.57 bits per heavy atom. The van der Waals surface area contributed by atoms with E-state index in [0.29, 0.717) is 10.9 Å². The minimum absolute atomic E-state index is 0.104. The van der Waals surface area contributed by atoms with Gasteiger partial charge in [0.15, 0.2) is 0 Å². The van der Waals surface area contributed by atoms with Gasteiger partial charge in [-0.3, -0.25) is 0 Å². The molecule has 0 spiro atoms. The summed E-state index contributed by atoms with van der Waals surface area (Å²) >= 11 is 6.15. The van der Waals surface area contributed by atoms with Crippen LogP contribution in [0.3, 0.4) is 0 Å². The fourth-order valence-corrected chi connectivity index (χ4v) is 2.65. The van der Waals surface area contributed by atoms with E-state index in [1.807, 2.05) is 43.3 Å². The van der Waals surface area contributed by atoms with Crippen molar-refractivity contribution in [3.63, 3.8) is 0 Å². The Morgan fingerprint density at radius 1 is 1.19 bits per heavy atom. The molecule has 0 aliphatic carbocycles. The molecule has 0 amide bonds. The molecule has 0 radical (unpaired) electrons. The second-order valence-corrected chi connectivity index (χ2v) is 5.05. The summed E-state index contributed by atoms with van der Waals surface area (Å²) in [7, 11) is 0. The molecule has 0 unspecified atom stereocenters. The van der Waals surface area contributed by atoms with E-state index < -0.39 is 0 Å². The highest BCUT2D eigenvalue weighted by Gasteiger charge is 2.15. The first-order valence-electron chi connectivity index (χ1n) is 6.33. The molecule has 1 aromatic carbocycles. The molecule has 0 aliphatic rings. The van der Waals surface area contributed by atoms with Crippen LogP contribution in [0.1, 0.15) is 11.1 Å². The van der Waals surface area contributed by atoms with Crippen molar-refractivity contribution < 1.29 is 0 Å². The van der Waals surface area contributed by atoms with Gasteiger partial charge in [0, 0.05) is 10.9 Å². The van der Waals surface area contributed by atoms with E-state index >= 15 is 0 Å². The van der Waals surface area contributed by atoms with Gasteiger partial charge in [0.1, 0.15) is 22.6 Å². The number of hydrogen-bond donors (Lipinski definition) is 1. The topological polar surface area (TPSA) is 75.6 Å². The summed E-state index contributed by atoms with van der Waals surface area (Å²) in [4.78, 5) is 8.59. The van der Waals surface area contributed by atoms with E-state index in [0.717, 1.165) is 16.8 Å². The third kappa shape index (κ3) is 2.18. The number of nitrogen functional groups attached to an aromatic ring is 1. The Labute approximate surface area is 126 Å². The van der Waals surface area contributed by atoms with Crippen molar-refractivity contribution >= 4 is 28.3 Å². The first-order valence-corrected chi connectivity index (χ1v) is 6.71. The van der Waals surface area contributed by atoms with Crippen molar-refractivity contribution in [2.45, 2.75) is 6.92 Å². The molecular formula is C16H11ClN4. The van der Waals surface area contributed by atoms with E-state index in [-0.39, 0.29) is 16.5 Å². The van der Waals surface area contributed by atoms with Crippen LogP contribution in [0.5, 0.6) is 0 Å². The van der Waals surface area contributed by atoms with Gasteiger partial charge >= 0.3 is 0 Å². The molecule has 3 rings (SSSR count). The molecule has 0 bridgehead atoms. The standard InChI is InChI=1S/C16H11ClN4/c1-9-7-12(10-5-3-2-4-6-10)20-14-11(8-18)16(19)21-15(17)13(9)14/h2-7H,1H3,(H2,19,21). The van der Waals surface area contributed by atoms with E-state index in [2.05, 4.69) is 16.0 Å². The van der Waals surface area contributed by atoms with Crippen LogP contribution in [0.25, 0.3) is 22.2 Å². The van der Waals surface area contributed by atoms with Crippen LogP contribution in [0, 0.1) is 18.3 Å². The quantitative estimate of drug-likeness (QED) is 0.694. The number of nitrogens with zero attached hydrogens (tertiary/aromatic N) is 3. The zero-order valence-corrected chi connectivity index (χ0v) is 12.0. The highest BCUT2D eigenvalue weighted by atomic mass is 35.5. The molecule has 0 saturated carbocycles. The molecule has 0 fully saturated rings. The summed E-state index contributed by atoms with van der Waals surface area (Å²) in [5.41, 5.74) is 9.19. The van der Waals surface area contributed by atoms with Crippen molar-refractivity contribution in [1.29, 1.82) is 5.26 Å². The van der Waals surface area contributed by atoms with Crippen molar-refractivity contribution in [3.05, 3.63) is 52.7 Å². The van der Waals surface area contributed by atoms with Gasteiger partial charge in [0.05, 0.1) is 11.2 Å². The van der Waals surface area contributed by atoms with Crippen molar-refractivity contribution in [1.82, 2.24) is 9.97 Å². The number of fused-ring (bicyclic) bond motifs is 1. The molecule has 2 aromatic heterocycles. The second kappa shape index (κ2) is 5.04. The van der Waals surface area contributed by atoms with Gasteiger partial charge in [-0.05, 0) is 18.6 Å². The van der Waals surface area contributed by atoms with Crippen LogP contribution in [0.4, 0.5) is 5.82 Å². The molecule has 3 aromatic rings. The molecule has 2 N–H and O–H groups in total. The first kappa shape index (κ1) is 13.3. The third-order valence-corrected chi connectivity index (χ3v) is 3.59. The van der Waals surface area contributed by atoms with Gasteiger partial charge in [0.2, 0.25) is 0 Å². The predicted octanol–water partition coefficient (Wildman–Crippen LogP) is 3.71. The molecule has 102 valence electrons. The number of nitrogens with two attached hydrogens (primary N) is 1. The SMILES string of the molecule is Cc1cc(-c2ccccc2)nc2c(C#N)c(N)nc(Cl)c12. The molecule has 0 saturated heterocycles. The van der Waals surface area contributed by atoms with Gasteiger partial charge < -0.3 is 5.73 Å². The fraction of sp³-hybridized carbons (Fsp3) is 0.0625. The number of nitriles is 1. The number of anilines is 1. The van der Waals surface area contributed by atoms with Crippen molar-refractivity contribution in [2.75, 3.05) is 5.73 Å². The summed E-state index contributed by atoms with van der Waals surface area (Å²) in [6.45, 7) is 1.92. The lowest BCUT2D eigenvalue weighted by Crippen LogP contribution is -2.00. The number of rotatable bonds is 1. The van der Waals surface area contributed by atoms with E-state index in [4.69, 9.17) is 17.3 Å². The fourth-order valence-electron chi connectivity index (χ4n) is 2.32. The van der Waals surface area contributed by atoms with Crippen molar-refractivity contribution in [3.8, 4) is 17.3 Å². The van der Waals surface area contributed by atoms with Crippen LogP contribution >= 0.6 is 11.6 Å². The van der Waals surface area contributed by atoms with Gasteiger partial charge in [-0.15, -0.1) is 0 Å². The normalized spacial score (nSPS) is 10.5. The summed E-state index contributed by atoms with van der Waals surface area (Å²) in [6, 6.07) is 13.7. The predicted molar refractivity (Wildman–Crippen MR) is 83.8 cm³/mol. The average molecular weight is 295 g/mol. The summed E-state index contributed by atoms with van der Waals surface area (Å²) in [5.74, 6) is 0.104. The number of aromatic nitrogens is 2. The number of aryl methyl sites for hydroxylation is 1. The highest BCUT2D eigenvalue weighted by Crippen LogP contribution is 2.32. The lowest BCUT2D eigenvalue weighted by Gasteiger charge is -2.10. The molecule has 2 heterocycles. The molecule has 0 aliphatic heterocycles. The van der Waals surface area contributed by atoms with Gasteiger partial charge in [-0.25, -0.2) is 9.97 Å². The second-order valence-electron chi connectivity index (χ2n) is 4.69. The molecular weight excluding hydrogens is 284 g/mol. The van der Waals surface area contributed by atoms with Crippen LogP contribution in [0.15, 0.2) is 36.4 Å². The Morgan fingerprint density at radius 2 is 1.90 bits per heavy atom. The molecule has 21 heavy (non-hydrogen) atoms. The van der Waals surface area contributed by atoms with Crippen LogP contribution in [-0.4, -0.2) is 9.97 Å². The first-order chi connectivity index (χ1) is 10.1. The van der Waals surface area contributed by atoms with Gasteiger partial charge in [-0.2, -0.15) is 5.26 Å². The Bertz CT molecular complexity index is 882. The van der Waals surface area contributed by atoms with Crippen molar-refractivity contribution in [2.24, 2.45) is 0 Å². The summed E-state index contributed by atoms with van der Waals surface area (Å²) in [5, 5.41) is 10.2. The molecule has 5 heteroatoms. The average Bonchev–Trinajstić information content (AvgIpc) is 2.47. The lowest BCUT2D eigenvalue weighted by molar-refractivity contribution is 1.29.